The lowest BCUT2D eigenvalue weighted by Gasteiger charge is -2.41. The molecule has 5 rings (SSSR count). The van der Waals surface area contributed by atoms with Crippen LogP contribution in [0.3, 0.4) is 0 Å². The highest BCUT2D eigenvalue weighted by Crippen LogP contribution is 2.39. The molecule has 0 aromatic heterocycles. The third kappa shape index (κ3) is 6.01. The fourth-order valence-corrected chi connectivity index (χ4v) is 5.75. The minimum atomic E-state index is -0.362. The zero-order chi connectivity index (χ0) is 27.4. The van der Waals surface area contributed by atoms with Crippen molar-refractivity contribution in [3.05, 3.63) is 95.6 Å². The zero-order valence-electron chi connectivity index (χ0n) is 23.2. The van der Waals surface area contributed by atoms with Gasteiger partial charge >= 0.3 is 0 Å². The number of para-hydroxylation sites is 1. The van der Waals surface area contributed by atoms with E-state index in [0.29, 0.717) is 25.3 Å². The molecule has 3 aromatic carbocycles. The van der Waals surface area contributed by atoms with Crippen LogP contribution >= 0.6 is 0 Å². The Morgan fingerprint density at radius 1 is 0.872 bits per heavy atom. The van der Waals surface area contributed by atoms with Crippen LogP contribution in [-0.2, 0) is 14.9 Å². The predicted molar refractivity (Wildman–Crippen MR) is 156 cm³/mol. The molecule has 204 valence electrons. The van der Waals surface area contributed by atoms with Crippen LogP contribution < -0.4 is 10.2 Å². The molecule has 2 aliphatic rings. The SMILES string of the molecule is CC(C)(C)c1cccc(NC(=O)[C@H]2CCCN(C(=O)c3ccccc3N3CCOCC3)[C@H]2c2ccccc2)c1. The van der Waals surface area contributed by atoms with E-state index in [4.69, 9.17) is 4.74 Å². The van der Waals surface area contributed by atoms with E-state index in [1.807, 2.05) is 71.6 Å². The summed E-state index contributed by atoms with van der Waals surface area (Å²) < 4.78 is 5.55. The number of nitrogens with zero attached hydrogens (tertiary/aromatic N) is 2. The van der Waals surface area contributed by atoms with Gasteiger partial charge in [0, 0.05) is 31.0 Å². The minimum Gasteiger partial charge on any atom is -0.378 e. The number of ether oxygens (including phenoxy) is 1. The monoisotopic (exact) mass is 525 g/mol. The molecule has 2 aliphatic heterocycles. The van der Waals surface area contributed by atoms with Gasteiger partial charge in [-0.15, -0.1) is 0 Å². The summed E-state index contributed by atoms with van der Waals surface area (Å²) in [6.45, 7) is 9.92. The van der Waals surface area contributed by atoms with Crippen LogP contribution in [0.25, 0.3) is 0 Å². The van der Waals surface area contributed by atoms with Gasteiger partial charge in [0.25, 0.3) is 5.91 Å². The van der Waals surface area contributed by atoms with E-state index >= 15 is 0 Å². The summed E-state index contributed by atoms with van der Waals surface area (Å²) in [4.78, 5) is 32.3. The van der Waals surface area contributed by atoms with Crippen molar-refractivity contribution in [1.82, 2.24) is 4.90 Å². The Hall–Kier alpha value is -3.64. The second kappa shape index (κ2) is 11.6. The maximum atomic E-state index is 14.3. The summed E-state index contributed by atoms with van der Waals surface area (Å²) in [5.74, 6) is -0.439. The number of likely N-dealkylation sites (tertiary alicyclic amines) is 1. The number of nitrogens with one attached hydrogen (secondary N) is 1. The van der Waals surface area contributed by atoms with Crippen molar-refractivity contribution in [1.29, 1.82) is 0 Å². The van der Waals surface area contributed by atoms with Gasteiger partial charge in [0.2, 0.25) is 5.91 Å². The van der Waals surface area contributed by atoms with Gasteiger partial charge in [0.15, 0.2) is 0 Å². The molecular weight excluding hydrogens is 486 g/mol. The molecule has 2 heterocycles. The number of carbonyl (C=O) groups is 2. The summed E-state index contributed by atoms with van der Waals surface area (Å²) in [6.07, 6.45) is 1.49. The Morgan fingerprint density at radius 2 is 1.59 bits per heavy atom. The minimum absolute atomic E-state index is 0.0186. The molecule has 0 spiro atoms. The van der Waals surface area contributed by atoms with Gasteiger partial charge in [-0.3, -0.25) is 9.59 Å². The van der Waals surface area contributed by atoms with E-state index in [9.17, 15) is 9.59 Å². The average molecular weight is 526 g/mol. The largest absolute Gasteiger partial charge is 0.378 e. The van der Waals surface area contributed by atoms with Crippen molar-refractivity contribution < 1.29 is 14.3 Å². The summed E-state index contributed by atoms with van der Waals surface area (Å²) in [6, 6.07) is 25.6. The van der Waals surface area contributed by atoms with E-state index in [2.05, 4.69) is 43.1 Å². The fraction of sp³-hybridized carbons (Fsp3) is 0.394. The normalized spacial score (nSPS) is 20.0. The molecular formula is C33H39N3O3. The number of piperidine rings is 1. The van der Waals surface area contributed by atoms with Gasteiger partial charge in [0.1, 0.15) is 0 Å². The highest BCUT2D eigenvalue weighted by Gasteiger charge is 2.40. The molecule has 2 amide bonds. The van der Waals surface area contributed by atoms with E-state index in [-0.39, 0.29) is 29.2 Å². The number of anilines is 2. The first-order valence-corrected chi connectivity index (χ1v) is 14.0. The third-order valence-electron chi connectivity index (χ3n) is 7.85. The topological polar surface area (TPSA) is 61.9 Å². The molecule has 1 N–H and O–H groups in total. The van der Waals surface area contributed by atoms with E-state index in [0.717, 1.165) is 42.9 Å². The van der Waals surface area contributed by atoms with Crippen molar-refractivity contribution in [3.63, 3.8) is 0 Å². The second-order valence-corrected chi connectivity index (χ2v) is 11.5. The molecule has 3 aromatic rings. The maximum Gasteiger partial charge on any atom is 0.256 e. The maximum absolute atomic E-state index is 14.3. The Kier molecular flexibility index (Phi) is 8.03. The molecule has 0 unspecified atom stereocenters. The lowest BCUT2D eigenvalue weighted by molar-refractivity contribution is -0.123. The van der Waals surface area contributed by atoms with Crippen molar-refractivity contribution in [2.75, 3.05) is 43.1 Å². The molecule has 2 saturated heterocycles. The highest BCUT2D eigenvalue weighted by molar-refractivity contribution is 6.01. The molecule has 0 aliphatic carbocycles. The Morgan fingerprint density at radius 3 is 2.33 bits per heavy atom. The van der Waals surface area contributed by atoms with Crippen molar-refractivity contribution >= 4 is 23.2 Å². The number of amides is 2. The molecule has 39 heavy (non-hydrogen) atoms. The Labute approximate surface area is 232 Å². The van der Waals surface area contributed by atoms with Crippen LogP contribution in [0.2, 0.25) is 0 Å². The molecule has 2 atom stereocenters. The molecule has 6 nitrogen and oxygen atoms in total. The van der Waals surface area contributed by atoms with Gasteiger partial charge in [-0.25, -0.2) is 0 Å². The van der Waals surface area contributed by atoms with Gasteiger partial charge < -0.3 is 19.9 Å². The first-order chi connectivity index (χ1) is 18.8. The number of carbonyl (C=O) groups excluding carboxylic acids is 2. The number of benzene rings is 3. The summed E-state index contributed by atoms with van der Waals surface area (Å²) in [5.41, 5.74) is 4.54. The van der Waals surface area contributed by atoms with Crippen molar-refractivity contribution in [3.8, 4) is 0 Å². The van der Waals surface area contributed by atoms with Crippen LogP contribution in [0.1, 0.15) is 61.1 Å². The average Bonchev–Trinajstić information content (AvgIpc) is 2.97. The zero-order valence-corrected chi connectivity index (χ0v) is 23.2. The van der Waals surface area contributed by atoms with Crippen molar-refractivity contribution in [2.24, 2.45) is 5.92 Å². The summed E-state index contributed by atoms with van der Waals surface area (Å²) >= 11 is 0. The van der Waals surface area contributed by atoms with E-state index in [1.165, 1.54) is 5.56 Å². The molecule has 2 fully saturated rings. The molecule has 0 saturated carbocycles. The molecule has 0 radical (unpaired) electrons. The fourth-order valence-electron chi connectivity index (χ4n) is 5.75. The first kappa shape index (κ1) is 26.9. The number of rotatable bonds is 5. The molecule has 6 heteroatoms. The van der Waals surface area contributed by atoms with Gasteiger partial charge in [-0.05, 0) is 53.6 Å². The third-order valence-corrected chi connectivity index (χ3v) is 7.85. The predicted octanol–water partition coefficient (Wildman–Crippen LogP) is 6.05. The van der Waals surface area contributed by atoms with E-state index < -0.39 is 0 Å². The van der Waals surface area contributed by atoms with Crippen molar-refractivity contribution in [2.45, 2.75) is 45.1 Å². The Balaban J connectivity index is 1.46. The van der Waals surface area contributed by atoms with Crippen LogP contribution in [0, 0.1) is 5.92 Å². The van der Waals surface area contributed by atoms with Gasteiger partial charge in [0.05, 0.1) is 30.7 Å². The second-order valence-electron chi connectivity index (χ2n) is 11.5. The first-order valence-electron chi connectivity index (χ1n) is 14.0. The quantitative estimate of drug-likeness (QED) is 0.440. The van der Waals surface area contributed by atoms with E-state index in [1.54, 1.807) is 0 Å². The number of morpholine rings is 1. The van der Waals surface area contributed by atoms with Crippen LogP contribution in [0.4, 0.5) is 11.4 Å². The highest BCUT2D eigenvalue weighted by atomic mass is 16.5. The van der Waals surface area contributed by atoms with Crippen LogP contribution in [-0.4, -0.2) is 49.6 Å². The number of hydrogen-bond acceptors (Lipinski definition) is 4. The smallest absolute Gasteiger partial charge is 0.256 e. The molecule has 0 bridgehead atoms. The summed E-state index contributed by atoms with van der Waals surface area (Å²) in [7, 11) is 0. The van der Waals surface area contributed by atoms with Gasteiger partial charge in [-0.2, -0.15) is 0 Å². The Bertz CT molecular complexity index is 1290. The van der Waals surface area contributed by atoms with Crippen LogP contribution in [0.15, 0.2) is 78.9 Å². The summed E-state index contributed by atoms with van der Waals surface area (Å²) in [5, 5.41) is 3.19. The number of hydrogen-bond donors (Lipinski definition) is 1. The lowest BCUT2D eigenvalue weighted by Crippen LogP contribution is -2.47. The van der Waals surface area contributed by atoms with Crippen LogP contribution in [0.5, 0.6) is 0 Å². The standard InChI is InChI=1S/C33H39N3O3/c1-33(2,3)25-13-9-14-26(23-25)34-31(37)28-16-10-18-36(30(28)24-11-5-4-6-12-24)32(38)27-15-7-8-17-29(27)35-19-21-39-22-20-35/h4-9,11-15,17,23,28,30H,10,16,18-22H2,1-3H3,(H,34,37)/t28-,30-/m0/s1. The lowest BCUT2D eigenvalue weighted by atomic mass is 9.83. The van der Waals surface area contributed by atoms with Gasteiger partial charge in [-0.1, -0.05) is 75.4 Å².